The molecule has 1 aromatic carbocycles. The van der Waals surface area contributed by atoms with E-state index in [4.69, 9.17) is 4.74 Å². The Kier molecular flexibility index (Phi) is 3.80. The first-order valence-electron chi connectivity index (χ1n) is 6.17. The first kappa shape index (κ1) is 13.2. The lowest BCUT2D eigenvalue weighted by Crippen LogP contribution is -2.24. The Morgan fingerprint density at radius 3 is 2.22 bits per heavy atom. The van der Waals surface area contributed by atoms with Crippen molar-refractivity contribution in [3.05, 3.63) is 24.3 Å². The van der Waals surface area contributed by atoms with Gasteiger partial charge in [-0.1, -0.05) is 0 Å². The Morgan fingerprint density at radius 1 is 1.17 bits per heavy atom. The highest BCUT2D eigenvalue weighted by Crippen LogP contribution is 2.26. The van der Waals surface area contributed by atoms with Crippen molar-refractivity contribution in [3.8, 4) is 5.75 Å². The van der Waals surface area contributed by atoms with Crippen molar-refractivity contribution in [3.63, 3.8) is 0 Å². The molecule has 0 aromatic heterocycles. The Labute approximate surface area is 109 Å². The number of anilines is 1. The number of hydrogen-bond donors (Lipinski definition) is 0. The van der Waals surface area contributed by atoms with Crippen LogP contribution in [0.2, 0.25) is 0 Å². The predicted octanol–water partition coefficient (Wildman–Crippen LogP) is 2.40. The minimum atomic E-state index is -3.20. The number of hydrogen-bond acceptors (Lipinski definition) is 3. The zero-order valence-electron chi connectivity index (χ0n) is 10.8. The van der Waals surface area contributed by atoms with Gasteiger partial charge in [0.1, 0.15) is 5.75 Å². The SMILES string of the molecule is CN(c1ccc(OC2CCCC2)cc1)S(C)(=O)=O. The summed E-state index contributed by atoms with van der Waals surface area (Å²) in [4.78, 5) is 0. The first-order chi connectivity index (χ1) is 8.47. The van der Waals surface area contributed by atoms with E-state index in [2.05, 4.69) is 0 Å². The van der Waals surface area contributed by atoms with E-state index in [1.807, 2.05) is 12.1 Å². The van der Waals surface area contributed by atoms with Gasteiger partial charge in [-0.2, -0.15) is 0 Å². The average Bonchev–Trinajstić information content (AvgIpc) is 2.81. The largest absolute Gasteiger partial charge is 0.490 e. The minimum absolute atomic E-state index is 0.323. The molecule has 1 fully saturated rings. The maximum absolute atomic E-state index is 11.4. The molecule has 0 radical (unpaired) electrons. The van der Waals surface area contributed by atoms with E-state index in [0.29, 0.717) is 11.8 Å². The van der Waals surface area contributed by atoms with Crippen LogP contribution in [-0.4, -0.2) is 27.8 Å². The molecule has 18 heavy (non-hydrogen) atoms. The summed E-state index contributed by atoms with van der Waals surface area (Å²) < 4.78 is 29.9. The fraction of sp³-hybridized carbons (Fsp3) is 0.538. The number of benzene rings is 1. The molecule has 4 nitrogen and oxygen atoms in total. The highest BCUT2D eigenvalue weighted by atomic mass is 32.2. The molecule has 0 spiro atoms. The molecule has 100 valence electrons. The maximum atomic E-state index is 11.4. The first-order valence-corrected chi connectivity index (χ1v) is 8.02. The molecular formula is C13H19NO3S. The Bertz CT molecular complexity index is 489. The highest BCUT2D eigenvalue weighted by molar-refractivity contribution is 7.92. The van der Waals surface area contributed by atoms with Gasteiger partial charge in [0.25, 0.3) is 0 Å². The second-order valence-corrected chi connectivity index (χ2v) is 6.76. The van der Waals surface area contributed by atoms with Crippen molar-refractivity contribution in [1.29, 1.82) is 0 Å². The molecule has 1 aliphatic carbocycles. The van der Waals surface area contributed by atoms with Gasteiger partial charge >= 0.3 is 0 Å². The third-order valence-electron chi connectivity index (χ3n) is 3.30. The summed E-state index contributed by atoms with van der Waals surface area (Å²) >= 11 is 0. The molecule has 0 bridgehead atoms. The monoisotopic (exact) mass is 269 g/mol. The number of nitrogens with zero attached hydrogens (tertiary/aromatic N) is 1. The molecule has 0 amide bonds. The van der Waals surface area contributed by atoms with Gasteiger partial charge in [0.15, 0.2) is 0 Å². The summed E-state index contributed by atoms with van der Waals surface area (Å²) in [6.45, 7) is 0. The van der Waals surface area contributed by atoms with Crippen LogP contribution in [0.15, 0.2) is 24.3 Å². The van der Waals surface area contributed by atoms with E-state index in [0.717, 1.165) is 18.6 Å². The standard InChI is InChI=1S/C13H19NO3S/c1-14(18(2,15)16)11-7-9-13(10-8-11)17-12-5-3-4-6-12/h7-10,12H,3-6H2,1-2H3. The number of sulfonamides is 1. The van der Waals surface area contributed by atoms with Crippen LogP contribution in [0, 0.1) is 0 Å². The fourth-order valence-corrected chi connectivity index (χ4v) is 2.63. The summed E-state index contributed by atoms with van der Waals surface area (Å²) in [5, 5.41) is 0. The fourth-order valence-electron chi connectivity index (χ4n) is 2.12. The van der Waals surface area contributed by atoms with Crippen LogP contribution >= 0.6 is 0 Å². The molecular weight excluding hydrogens is 250 g/mol. The van der Waals surface area contributed by atoms with Crippen LogP contribution in [0.1, 0.15) is 25.7 Å². The lowest BCUT2D eigenvalue weighted by Gasteiger charge is -2.18. The van der Waals surface area contributed by atoms with Crippen LogP contribution in [0.25, 0.3) is 0 Å². The molecule has 0 unspecified atom stereocenters. The average molecular weight is 269 g/mol. The second kappa shape index (κ2) is 5.18. The maximum Gasteiger partial charge on any atom is 0.231 e. The van der Waals surface area contributed by atoms with Crippen LogP contribution < -0.4 is 9.04 Å². The molecule has 1 aliphatic rings. The van der Waals surface area contributed by atoms with Crippen LogP contribution in [0.3, 0.4) is 0 Å². The van der Waals surface area contributed by atoms with E-state index in [-0.39, 0.29) is 0 Å². The molecule has 2 rings (SSSR count). The van der Waals surface area contributed by atoms with Gasteiger partial charge in [-0.25, -0.2) is 8.42 Å². The van der Waals surface area contributed by atoms with E-state index < -0.39 is 10.0 Å². The van der Waals surface area contributed by atoms with Gasteiger partial charge in [-0.05, 0) is 49.9 Å². The Balaban J connectivity index is 2.05. The van der Waals surface area contributed by atoms with Crippen molar-refractivity contribution < 1.29 is 13.2 Å². The van der Waals surface area contributed by atoms with Crippen LogP contribution in [-0.2, 0) is 10.0 Å². The summed E-state index contributed by atoms with van der Waals surface area (Å²) in [5.74, 6) is 0.813. The molecule has 5 heteroatoms. The van der Waals surface area contributed by atoms with Crippen molar-refractivity contribution in [1.82, 2.24) is 0 Å². The summed E-state index contributed by atoms with van der Waals surface area (Å²) in [7, 11) is -1.65. The van der Waals surface area contributed by atoms with Gasteiger partial charge < -0.3 is 4.74 Å². The van der Waals surface area contributed by atoms with Gasteiger partial charge in [0, 0.05) is 7.05 Å². The normalized spacial score (nSPS) is 16.8. The van der Waals surface area contributed by atoms with Gasteiger partial charge in [-0.3, -0.25) is 4.31 Å². The third-order valence-corrected chi connectivity index (χ3v) is 4.51. The molecule has 0 aliphatic heterocycles. The van der Waals surface area contributed by atoms with Crippen LogP contribution in [0.5, 0.6) is 5.75 Å². The zero-order valence-corrected chi connectivity index (χ0v) is 11.6. The summed E-state index contributed by atoms with van der Waals surface area (Å²) in [6, 6.07) is 7.20. The van der Waals surface area contributed by atoms with Gasteiger partial charge in [0.05, 0.1) is 18.0 Å². The Morgan fingerprint density at radius 2 is 1.72 bits per heavy atom. The van der Waals surface area contributed by atoms with E-state index in [9.17, 15) is 8.42 Å². The Hall–Kier alpha value is -1.23. The summed E-state index contributed by atoms with van der Waals surface area (Å²) in [6.07, 6.45) is 6.22. The van der Waals surface area contributed by atoms with Crippen molar-refractivity contribution in [2.24, 2.45) is 0 Å². The van der Waals surface area contributed by atoms with Crippen molar-refractivity contribution in [2.45, 2.75) is 31.8 Å². The van der Waals surface area contributed by atoms with Crippen molar-refractivity contribution in [2.75, 3.05) is 17.6 Å². The number of ether oxygens (including phenoxy) is 1. The second-order valence-electron chi connectivity index (χ2n) is 4.75. The molecule has 0 saturated heterocycles. The highest BCUT2D eigenvalue weighted by Gasteiger charge is 2.17. The zero-order chi connectivity index (χ0) is 13.2. The predicted molar refractivity (Wildman–Crippen MR) is 72.6 cm³/mol. The third kappa shape index (κ3) is 3.16. The number of rotatable bonds is 4. The van der Waals surface area contributed by atoms with E-state index in [1.54, 1.807) is 19.2 Å². The lowest BCUT2D eigenvalue weighted by atomic mass is 10.3. The van der Waals surface area contributed by atoms with Crippen LogP contribution in [0.4, 0.5) is 5.69 Å². The van der Waals surface area contributed by atoms with Crippen molar-refractivity contribution >= 4 is 15.7 Å². The molecule has 1 aromatic rings. The smallest absolute Gasteiger partial charge is 0.231 e. The lowest BCUT2D eigenvalue weighted by molar-refractivity contribution is 0.210. The van der Waals surface area contributed by atoms with Gasteiger partial charge in [-0.15, -0.1) is 0 Å². The molecule has 0 N–H and O–H groups in total. The van der Waals surface area contributed by atoms with E-state index in [1.165, 1.54) is 23.4 Å². The molecule has 0 heterocycles. The quantitative estimate of drug-likeness (QED) is 0.843. The topological polar surface area (TPSA) is 46.6 Å². The van der Waals surface area contributed by atoms with Gasteiger partial charge in [0.2, 0.25) is 10.0 Å². The molecule has 0 atom stereocenters. The van der Waals surface area contributed by atoms with E-state index >= 15 is 0 Å². The minimum Gasteiger partial charge on any atom is -0.490 e. The molecule has 1 saturated carbocycles. The summed E-state index contributed by atoms with van der Waals surface area (Å²) in [5.41, 5.74) is 0.649.